The van der Waals surface area contributed by atoms with Gasteiger partial charge in [-0.1, -0.05) is 30.3 Å². The van der Waals surface area contributed by atoms with Crippen LogP contribution in [0.15, 0.2) is 48.5 Å². The van der Waals surface area contributed by atoms with Crippen molar-refractivity contribution in [1.82, 2.24) is 0 Å². The zero-order valence-corrected chi connectivity index (χ0v) is 12.5. The first kappa shape index (κ1) is 14.1. The third-order valence-corrected chi connectivity index (χ3v) is 4.27. The Morgan fingerprint density at radius 1 is 1.05 bits per heavy atom. The van der Waals surface area contributed by atoms with Gasteiger partial charge in [0.25, 0.3) is 0 Å². The molecule has 110 valence electrons. The number of rotatable bonds is 3. The molecule has 0 amide bonds. The topological polar surface area (TPSA) is 7.68 Å². The fourth-order valence-corrected chi connectivity index (χ4v) is 3.09. The van der Waals surface area contributed by atoms with Gasteiger partial charge in [-0.25, -0.2) is 4.39 Å². The molecule has 1 fully saturated rings. The fourth-order valence-electron chi connectivity index (χ4n) is 3.09. The van der Waals surface area contributed by atoms with Crippen LogP contribution in [0.2, 0.25) is 0 Å². The highest BCUT2D eigenvalue weighted by atomic mass is 19.1. The maximum Gasteiger partial charge on any atom is 0.123 e. The highest BCUT2D eigenvalue weighted by molar-refractivity contribution is 5.53. The van der Waals surface area contributed by atoms with Gasteiger partial charge in [0.15, 0.2) is 0 Å². The molecule has 2 nitrogen and oxygen atoms in total. The minimum atomic E-state index is -0.134. The van der Waals surface area contributed by atoms with Crippen LogP contribution in [0.4, 0.5) is 10.1 Å². The Labute approximate surface area is 125 Å². The number of para-hydroxylation sites is 1. The number of anilines is 1. The summed E-state index contributed by atoms with van der Waals surface area (Å²) in [4.78, 5) is 4.00. The largest absolute Gasteiger partial charge is 0.360 e. The summed E-state index contributed by atoms with van der Waals surface area (Å²) in [5.74, 6) is -0.134. The summed E-state index contributed by atoms with van der Waals surface area (Å²) in [6, 6.07) is 15.5. The van der Waals surface area contributed by atoms with E-state index in [1.807, 2.05) is 6.07 Å². The quantitative estimate of drug-likeness (QED) is 0.907. The predicted octanol–water partition coefficient (Wildman–Crippen LogP) is 2.04. The van der Waals surface area contributed by atoms with Crippen LogP contribution in [0, 0.1) is 12.7 Å². The number of nitrogens with zero attached hydrogens (tertiary/aromatic N) is 1. The number of hydrogen-bond donors (Lipinski definition) is 1. The lowest BCUT2D eigenvalue weighted by Crippen LogP contribution is -3.13. The van der Waals surface area contributed by atoms with E-state index in [-0.39, 0.29) is 5.82 Å². The number of aryl methyl sites for hydroxylation is 1. The van der Waals surface area contributed by atoms with E-state index in [9.17, 15) is 4.39 Å². The van der Waals surface area contributed by atoms with Gasteiger partial charge in [-0.3, -0.25) is 0 Å². The van der Waals surface area contributed by atoms with Crippen LogP contribution < -0.4 is 9.80 Å². The predicted molar refractivity (Wildman–Crippen MR) is 84.2 cm³/mol. The SMILES string of the molecule is Cc1ccccc1N1CC[NH+](Cc2cccc(F)c2)CC1. The molecule has 3 rings (SSSR count). The van der Waals surface area contributed by atoms with Crippen LogP contribution in [0.1, 0.15) is 11.1 Å². The standard InChI is InChI=1S/C18H21FN2/c1-15-5-2-3-8-18(15)21-11-9-20(10-12-21)14-16-6-4-7-17(19)13-16/h2-8,13H,9-12,14H2,1H3/p+1. The van der Waals surface area contributed by atoms with Crippen molar-refractivity contribution in [3.05, 3.63) is 65.5 Å². The van der Waals surface area contributed by atoms with E-state index in [2.05, 4.69) is 36.1 Å². The zero-order chi connectivity index (χ0) is 14.7. The molecule has 0 atom stereocenters. The molecule has 1 aliphatic heterocycles. The molecule has 0 radical (unpaired) electrons. The van der Waals surface area contributed by atoms with Crippen molar-refractivity contribution < 1.29 is 9.29 Å². The van der Waals surface area contributed by atoms with Crippen LogP contribution in [-0.2, 0) is 6.54 Å². The minimum absolute atomic E-state index is 0.134. The summed E-state index contributed by atoms with van der Waals surface area (Å²) < 4.78 is 13.2. The molecule has 1 N–H and O–H groups in total. The second-order valence-electron chi connectivity index (χ2n) is 5.83. The monoisotopic (exact) mass is 285 g/mol. The summed E-state index contributed by atoms with van der Waals surface area (Å²) in [6.45, 7) is 7.42. The Morgan fingerprint density at radius 2 is 1.81 bits per heavy atom. The molecule has 0 bridgehead atoms. The van der Waals surface area contributed by atoms with Crippen molar-refractivity contribution in [2.75, 3.05) is 31.1 Å². The third-order valence-electron chi connectivity index (χ3n) is 4.27. The Bertz CT molecular complexity index is 604. The lowest BCUT2D eigenvalue weighted by Gasteiger charge is -2.34. The summed E-state index contributed by atoms with van der Waals surface area (Å²) >= 11 is 0. The highest BCUT2D eigenvalue weighted by Gasteiger charge is 2.21. The van der Waals surface area contributed by atoms with Crippen molar-refractivity contribution in [2.45, 2.75) is 13.5 Å². The molecule has 0 unspecified atom stereocenters. The fraction of sp³-hybridized carbons (Fsp3) is 0.333. The zero-order valence-electron chi connectivity index (χ0n) is 12.5. The first-order valence-electron chi connectivity index (χ1n) is 7.61. The van der Waals surface area contributed by atoms with Gasteiger partial charge in [0.05, 0.1) is 26.2 Å². The molecule has 0 spiro atoms. The lowest BCUT2D eigenvalue weighted by atomic mass is 10.1. The van der Waals surface area contributed by atoms with Crippen molar-refractivity contribution in [3.63, 3.8) is 0 Å². The molecule has 0 aromatic heterocycles. The number of quaternary nitrogens is 1. The van der Waals surface area contributed by atoms with E-state index in [1.54, 1.807) is 12.1 Å². The number of nitrogens with one attached hydrogen (secondary N) is 1. The van der Waals surface area contributed by atoms with E-state index in [1.165, 1.54) is 22.2 Å². The number of benzene rings is 2. The van der Waals surface area contributed by atoms with Crippen molar-refractivity contribution in [3.8, 4) is 0 Å². The smallest absolute Gasteiger partial charge is 0.123 e. The van der Waals surface area contributed by atoms with E-state index in [4.69, 9.17) is 0 Å². The summed E-state index contributed by atoms with van der Waals surface area (Å²) in [6.07, 6.45) is 0. The molecule has 1 saturated heterocycles. The molecular weight excluding hydrogens is 263 g/mol. The molecular formula is C18H22FN2+. The van der Waals surface area contributed by atoms with Gasteiger partial charge in [-0.2, -0.15) is 0 Å². The second-order valence-corrected chi connectivity index (χ2v) is 5.83. The second kappa shape index (κ2) is 6.27. The van der Waals surface area contributed by atoms with Crippen molar-refractivity contribution in [2.24, 2.45) is 0 Å². The maximum atomic E-state index is 13.2. The van der Waals surface area contributed by atoms with Gasteiger partial charge < -0.3 is 9.80 Å². The molecule has 1 heterocycles. The van der Waals surface area contributed by atoms with E-state index in [0.29, 0.717) is 0 Å². The minimum Gasteiger partial charge on any atom is -0.360 e. The van der Waals surface area contributed by atoms with Gasteiger partial charge in [-0.05, 0) is 30.7 Å². The van der Waals surface area contributed by atoms with Crippen molar-refractivity contribution in [1.29, 1.82) is 0 Å². The summed E-state index contributed by atoms with van der Waals surface area (Å²) in [5.41, 5.74) is 3.78. The lowest BCUT2D eigenvalue weighted by molar-refractivity contribution is -0.914. The third kappa shape index (κ3) is 3.42. The van der Waals surface area contributed by atoms with Gasteiger partial charge in [0.1, 0.15) is 12.4 Å². The van der Waals surface area contributed by atoms with E-state index < -0.39 is 0 Å². The first-order chi connectivity index (χ1) is 10.2. The Hall–Kier alpha value is -1.87. The molecule has 0 saturated carbocycles. The van der Waals surface area contributed by atoms with Crippen LogP contribution in [0.25, 0.3) is 0 Å². The maximum absolute atomic E-state index is 13.2. The molecule has 3 heteroatoms. The molecule has 0 aliphatic carbocycles. The van der Waals surface area contributed by atoms with Gasteiger partial charge >= 0.3 is 0 Å². The number of piperazine rings is 1. The Balaban J connectivity index is 1.59. The first-order valence-corrected chi connectivity index (χ1v) is 7.61. The number of hydrogen-bond acceptors (Lipinski definition) is 1. The van der Waals surface area contributed by atoms with E-state index >= 15 is 0 Å². The van der Waals surface area contributed by atoms with Gasteiger partial charge in [0.2, 0.25) is 0 Å². The summed E-state index contributed by atoms with van der Waals surface area (Å²) in [7, 11) is 0. The van der Waals surface area contributed by atoms with Crippen LogP contribution >= 0.6 is 0 Å². The summed E-state index contributed by atoms with van der Waals surface area (Å²) in [5, 5.41) is 0. The molecule has 1 aliphatic rings. The normalized spacial score (nSPS) is 16.2. The average Bonchev–Trinajstić information content (AvgIpc) is 2.49. The van der Waals surface area contributed by atoms with Crippen LogP contribution in [-0.4, -0.2) is 26.2 Å². The molecule has 2 aromatic rings. The highest BCUT2D eigenvalue weighted by Crippen LogP contribution is 2.18. The van der Waals surface area contributed by atoms with Gasteiger partial charge in [-0.15, -0.1) is 0 Å². The molecule has 2 aromatic carbocycles. The molecule has 21 heavy (non-hydrogen) atoms. The van der Waals surface area contributed by atoms with Crippen molar-refractivity contribution >= 4 is 5.69 Å². The Kier molecular flexibility index (Phi) is 4.20. The van der Waals surface area contributed by atoms with Gasteiger partial charge in [0, 0.05) is 11.3 Å². The average molecular weight is 285 g/mol. The van der Waals surface area contributed by atoms with E-state index in [0.717, 1.165) is 38.3 Å². The van der Waals surface area contributed by atoms with Crippen LogP contribution in [0.5, 0.6) is 0 Å². The Morgan fingerprint density at radius 3 is 2.52 bits per heavy atom. The number of halogens is 1. The van der Waals surface area contributed by atoms with Crippen LogP contribution in [0.3, 0.4) is 0 Å².